The molecular formula is C26H32FNO4. The first-order chi connectivity index (χ1) is 15.6. The molecule has 4 rings (SSSR count). The lowest BCUT2D eigenvalue weighted by molar-refractivity contribution is -0.149. The van der Waals surface area contributed by atoms with E-state index in [4.69, 9.17) is 14.2 Å². The Labute approximate surface area is 189 Å². The van der Waals surface area contributed by atoms with Gasteiger partial charge in [0.15, 0.2) is 6.61 Å². The third-order valence-electron chi connectivity index (χ3n) is 6.58. The summed E-state index contributed by atoms with van der Waals surface area (Å²) in [6.07, 6.45) is 4.87. The molecule has 2 aliphatic rings. The standard InChI is InChI=1S/C26H32FNO4/c27-23-6-8-24(9-7-23)31-20-25(29)28-14-12-26(13-15-28)18-21(11-17-32-26)10-16-30-19-22-4-2-1-3-5-22/h1-9,21H,10-20H2. The van der Waals surface area contributed by atoms with Crippen LogP contribution in [-0.2, 0) is 20.9 Å². The Morgan fingerprint density at radius 1 is 1.09 bits per heavy atom. The summed E-state index contributed by atoms with van der Waals surface area (Å²) >= 11 is 0. The second kappa shape index (κ2) is 10.9. The number of likely N-dealkylation sites (tertiary alicyclic amines) is 1. The average Bonchev–Trinajstić information content (AvgIpc) is 2.83. The van der Waals surface area contributed by atoms with E-state index in [0.717, 1.165) is 45.3 Å². The van der Waals surface area contributed by atoms with E-state index in [1.54, 1.807) is 0 Å². The number of hydrogen-bond donors (Lipinski definition) is 0. The lowest BCUT2D eigenvalue weighted by Crippen LogP contribution is -2.51. The molecule has 2 aromatic rings. The summed E-state index contributed by atoms with van der Waals surface area (Å²) in [6.45, 7) is 3.55. The zero-order chi connectivity index (χ0) is 22.2. The van der Waals surface area contributed by atoms with Gasteiger partial charge in [-0.15, -0.1) is 0 Å². The number of ether oxygens (including phenoxy) is 3. The molecule has 0 radical (unpaired) electrons. The van der Waals surface area contributed by atoms with E-state index in [9.17, 15) is 9.18 Å². The number of hydrogen-bond acceptors (Lipinski definition) is 4. The Kier molecular flexibility index (Phi) is 7.76. The molecule has 0 aromatic heterocycles. The van der Waals surface area contributed by atoms with Gasteiger partial charge in [0.05, 0.1) is 12.2 Å². The van der Waals surface area contributed by atoms with Crippen molar-refractivity contribution in [3.05, 3.63) is 66.0 Å². The second-order valence-electron chi connectivity index (χ2n) is 8.84. The molecule has 6 heteroatoms. The summed E-state index contributed by atoms with van der Waals surface area (Å²) in [4.78, 5) is 14.4. The summed E-state index contributed by atoms with van der Waals surface area (Å²) in [5.41, 5.74) is 1.09. The normalized spacial score (nSPS) is 20.3. The van der Waals surface area contributed by atoms with E-state index >= 15 is 0 Å². The van der Waals surface area contributed by atoms with Gasteiger partial charge in [0.1, 0.15) is 11.6 Å². The maximum atomic E-state index is 13.0. The summed E-state index contributed by atoms with van der Waals surface area (Å²) in [5.74, 6) is 0.745. The summed E-state index contributed by atoms with van der Waals surface area (Å²) in [6, 6.07) is 16.0. The minimum Gasteiger partial charge on any atom is -0.484 e. The van der Waals surface area contributed by atoms with Crippen LogP contribution in [0.4, 0.5) is 4.39 Å². The van der Waals surface area contributed by atoms with Crippen LogP contribution in [0.25, 0.3) is 0 Å². The van der Waals surface area contributed by atoms with Crippen LogP contribution in [0.5, 0.6) is 5.75 Å². The van der Waals surface area contributed by atoms with Crippen molar-refractivity contribution in [2.75, 3.05) is 32.9 Å². The minimum absolute atomic E-state index is 0.0269. The van der Waals surface area contributed by atoms with Gasteiger partial charge in [-0.05, 0) is 67.9 Å². The highest BCUT2D eigenvalue weighted by molar-refractivity contribution is 5.77. The van der Waals surface area contributed by atoms with E-state index in [2.05, 4.69) is 12.1 Å². The first-order valence-electron chi connectivity index (χ1n) is 11.5. The third-order valence-corrected chi connectivity index (χ3v) is 6.58. The number of halogens is 1. The number of rotatable bonds is 8. The molecule has 1 atom stereocenters. The van der Waals surface area contributed by atoms with Crippen LogP contribution in [0.2, 0.25) is 0 Å². The van der Waals surface area contributed by atoms with Crippen molar-refractivity contribution < 1.29 is 23.4 Å². The molecule has 32 heavy (non-hydrogen) atoms. The fourth-order valence-corrected chi connectivity index (χ4v) is 4.67. The molecular weight excluding hydrogens is 409 g/mol. The van der Waals surface area contributed by atoms with E-state index in [0.29, 0.717) is 31.4 Å². The first kappa shape index (κ1) is 22.7. The van der Waals surface area contributed by atoms with Crippen LogP contribution in [0.3, 0.4) is 0 Å². The number of carbonyl (C=O) groups is 1. The molecule has 1 amide bonds. The molecule has 0 bridgehead atoms. The smallest absolute Gasteiger partial charge is 0.260 e. The van der Waals surface area contributed by atoms with Gasteiger partial charge in [0, 0.05) is 26.3 Å². The molecule has 172 valence electrons. The molecule has 2 fully saturated rings. The number of amides is 1. The van der Waals surface area contributed by atoms with Crippen molar-refractivity contribution in [2.45, 2.75) is 44.3 Å². The summed E-state index contributed by atoms with van der Waals surface area (Å²) in [7, 11) is 0. The molecule has 2 aliphatic heterocycles. The van der Waals surface area contributed by atoms with Crippen molar-refractivity contribution in [1.82, 2.24) is 4.90 Å². The van der Waals surface area contributed by atoms with Crippen LogP contribution in [0, 0.1) is 11.7 Å². The fourth-order valence-electron chi connectivity index (χ4n) is 4.67. The quantitative estimate of drug-likeness (QED) is 0.562. The van der Waals surface area contributed by atoms with Crippen molar-refractivity contribution >= 4 is 5.91 Å². The molecule has 0 aliphatic carbocycles. The van der Waals surface area contributed by atoms with Crippen LogP contribution in [0.1, 0.15) is 37.7 Å². The molecule has 1 spiro atoms. The summed E-state index contributed by atoms with van der Waals surface area (Å²) < 4.78 is 30.6. The maximum absolute atomic E-state index is 13.0. The number of carbonyl (C=O) groups excluding carboxylic acids is 1. The van der Waals surface area contributed by atoms with Crippen molar-refractivity contribution in [3.8, 4) is 5.75 Å². The van der Waals surface area contributed by atoms with Crippen molar-refractivity contribution in [1.29, 1.82) is 0 Å². The SMILES string of the molecule is O=C(COc1ccc(F)cc1)N1CCC2(CC1)CC(CCOCc1ccccc1)CCO2. The van der Waals surface area contributed by atoms with E-state index in [1.807, 2.05) is 23.1 Å². The Balaban J connectivity index is 1.17. The van der Waals surface area contributed by atoms with Gasteiger partial charge in [-0.25, -0.2) is 4.39 Å². The second-order valence-corrected chi connectivity index (χ2v) is 8.84. The number of piperidine rings is 1. The van der Waals surface area contributed by atoms with Crippen LogP contribution >= 0.6 is 0 Å². The highest BCUT2D eigenvalue weighted by Crippen LogP contribution is 2.38. The molecule has 2 aromatic carbocycles. The lowest BCUT2D eigenvalue weighted by atomic mass is 9.78. The monoisotopic (exact) mass is 441 g/mol. The largest absolute Gasteiger partial charge is 0.484 e. The number of benzene rings is 2. The Bertz CT molecular complexity index is 850. The van der Waals surface area contributed by atoms with Crippen LogP contribution < -0.4 is 4.74 Å². The van der Waals surface area contributed by atoms with Crippen LogP contribution in [-0.4, -0.2) is 49.3 Å². The van der Waals surface area contributed by atoms with E-state index in [1.165, 1.54) is 29.8 Å². The highest BCUT2D eigenvalue weighted by atomic mass is 19.1. The Morgan fingerprint density at radius 3 is 2.59 bits per heavy atom. The van der Waals surface area contributed by atoms with E-state index in [-0.39, 0.29) is 23.9 Å². The van der Waals surface area contributed by atoms with Gasteiger partial charge in [0.25, 0.3) is 5.91 Å². The van der Waals surface area contributed by atoms with Crippen molar-refractivity contribution in [2.24, 2.45) is 5.92 Å². The lowest BCUT2D eigenvalue weighted by Gasteiger charge is -2.46. The zero-order valence-corrected chi connectivity index (χ0v) is 18.5. The molecule has 1 unspecified atom stereocenters. The fraction of sp³-hybridized carbons (Fsp3) is 0.500. The molecule has 0 saturated carbocycles. The van der Waals surface area contributed by atoms with Gasteiger partial charge in [-0.1, -0.05) is 30.3 Å². The third kappa shape index (κ3) is 6.30. The molecule has 2 heterocycles. The average molecular weight is 442 g/mol. The van der Waals surface area contributed by atoms with Gasteiger partial charge >= 0.3 is 0 Å². The van der Waals surface area contributed by atoms with Gasteiger partial charge in [-0.2, -0.15) is 0 Å². The number of nitrogens with zero attached hydrogens (tertiary/aromatic N) is 1. The Morgan fingerprint density at radius 2 is 1.84 bits per heavy atom. The van der Waals surface area contributed by atoms with Gasteiger partial charge in [-0.3, -0.25) is 4.79 Å². The highest BCUT2D eigenvalue weighted by Gasteiger charge is 2.41. The van der Waals surface area contributed by atoms with Gasteiger partial charge < -0.3 is 19.1 Å². The van der Waals surface area contributed by atoms with Crippen LogP contribution in [0.15, 0.2) is 54.6 Å². The zero-order valence-electron chi connectivity index (χ0n) is 18.5. The maximum Gasteiger partial charge on any atom is 0.260 e. The molecule has 0 N–H and O–H groups in total. The first-order valence-corrected chi connectivity index (χ1v) is 11.5. The molecule has 2 saturated heterocycles. The predicted molar refractivity (Wildman–Crippen MR) is 120 cm³/mol. The molecule has 5 nitrogen and oxygen atoms in total. The van der Waals surface area contributed by atoms with Crippen molar-refractivity contribution in [3.63, 3.8) is 0 Å². The van der Waals surface area contributed by atoms with E-state index < -0.39 is 0 Å². The Hall–Kier alpha value is -2.44. The van der Waals surface area contributed by atoms with Gasteiger partial charge in [0.2, 0.25) is 0 Å². The predicted octanol–water partition coefficient (Wildman–Crippen LogP) is 4.60. The topological polar surface area (TPSA) is 48.0 Å². The summed E-state index contributed by atoms with van der Waals surface area (Å²) in [5, 5.41) is 0. The minimum atomic E-state index is -0.321.